The summed E-state index contributed by atoms with van der Waals surface area (Å²) in [6, 6.07) is -0.286. The van der Waals surface area contributed by atoms with Crippen LogP contribution in [0.5, 0.6) is 0 Å². The van der Waals surface area contributed by atoms with Crippen LogP contribution < -0.4 is 5.73 Å². The number of aliphatic carboxylic acids is 1. The standard InChI is InChI=1S/C7H11NO3/c8-6-4-2-1-3(11-4)5(6)7(9)10/h3-6H,1-2,8H2,(H,9,10). The van der Waals surface area contributed by atoms with E-state index >= 15 is 0 Å². The van der Waals surface area contributed by atoms with Crippen LogP contribution in [0.25, 0.3) is 0 Å². The molecule has 0 radical (unpaired) electrons. The second-order valence-electron chi connectivity index (χ2n) is 3.23. The molecule has 2 bridgehead atoms. The first-order chi connectivity index (χ1) is 5.20. The lowest BCUT2D eigenvalue weighted by molar-refractivity contribution is -0.143. The number of rotatable bonds is 1. The SMILES string of the molecule is NC1C2CCC(O2)C1C(=O)O. The summed E-state index contributed by atoms with van der Waals surface area (Å²) in [6.45, 7) is 0. The summed E-state index contributed by atoms with van der Waals surface area (Å²) in [5, 5.41) is 8.75. The van der Waals surface area contributed by atoms with E-state index in [0.717, 1.165) is 12.8 Å². The van der Waals surface area contributed by atoms with Crippen molar-refractivity contribution in [3.8, 4) is 0 Å². The third-order valence-electron chi connectivity index (χ3n) is 2.61. The zero-order valence-corrected chi connectivity index (χ0v) is 6.06. The highest BCUT2D eigenvalue weighted by Gasteiger charge is 2.50. The molecular formula is C7H11NO3. The van der Waals surface area contributed by atoms with Gasteiger partial charge >= 0.3 is 5.97 Å². The average Bonchev–Trinajstić information content (AvgIpc) is 2.44. The Morgan fingerprint density at radius 2 is 2.09 bits per heavy atom. The van der Waals surface area contributed by atoms with E-state index in [1.54, 1.807) is 0 Å². The molecule has 0 aromatic carbocycles. The monoisotopic (exact) mass is 157 g/mol. The van der Waals surface area contributed by atoms with Gasteiger partial charge < -0.3 is 15.6 Å². The molecule has 2 saturated heterocycles. The van der Waals surface area contributed by atoms with E-state index in [1.165, 1.54) is 0 Å². The van der Waals surface area contributed by atoms with E-state index in [4.69, 9.17) is 15.6 Å². The maximum absolute atomic E-state index is 10.6. The molecule has 0 saturated carbocycles. The van der Waals surface area contributed by atoms with Gasteiger partial charge in [-0.25, -0.2) is 0 Å². The minimum absolute atomic E-state index is 0.00102. The number of carbonyl (C=O) groups is 1. The van der Waals surface area contributed by atoms with Gasteiger partial charge in [-0.2, -0.15) is 0 Å². The molecule has 2 aliphatic heterocycles. The molecule has 0 aromatic heterocycles. The second-order valence-corrected chi connectivity index (χ2v) is 3.23. The fraction of sp³-hybridized carbons (Fsp3) is 0.857. The Labute approximate surface area is 64.3 Å². The quantitative estimate of drug-likeness (QED) is 0.542. The van der Waals surface area contributed by atoms with Gasteiger partial charge in [0.25, 0.3) is 0 Å². The number of fused-ring (bicyclic) bond motifs is 2. The minimum Gasteiger partial charge on any atom is -0.481 e. The van der Waals surface area contributed by atoms with Gasteiger partial charge in [-0.1, -0.05) is 0 Å². The summed E-state index contributed by atoms with van der Waals surface area (Å²) >= 11 is 0. The van der Waals surface area contributed by atoms with Crippen LogP contribution in [-0.4, -0.2) is 29.3 Å². The Hall–Kier alpha value is -0.610. The lowest BCUT2D eigenvalue weighted by Crippen LogP contribution is -2.43. The fourth-order valence-electron chi connectivity index (χ4n) is 2.04. The zero-order valence-electron chi connectivity index (χ0n) is 6.06. The van der Waals surface area contributed by atoms with E-state index in [9.17, 15) is 4.79 Å². The molecular weight excluding hydrogens is 146 g/mol. The Morgan fingerprint density at radius 1 is 1.45 bits per heavy atom. The number of hydrogen-bond donors (Lipinski definition) is 2. The normalized spacial score (nSPS) is 48.1. The van der Waals surface area contributed by atoms with Gasteiger partial charge in [0, 0.05) is 6.04 Å². The summed E-state index contributed by atoms with van der Waals surface area (Å²) in [5.41, 5.74) is 5.66. The molecule has 2 heterocycles. The van der Waals surface area contributed by atoms with E-state index < -0.39 is 11.9 Å². The van der Waals surface area contributed by atoms with Crippen LogP contribution in [0.1, 0.15) is 12.8 Å². The van der Waals surface area contributed by atoms with Crippen molar-refractivity contribution in [3.63, 3.8) is 0 Å². The van der Waals surface area contributed by atoms with E-state index in [1.807, 2.05) is 0 Å². The number of nitrogens with two attached hydrogens (primary N) is 1. The predicted octanol–water partition coefficient (Wildman–Crippen LogP) is -0.424. The van der Waals surface area contributed by atoms with Crippen molar-refractivity contribution >= 4 is 5.97 Å². The number of hydrogen-bond acceptors (Lipinski definition) is 3. The lowest BCUT2D eigenvalue weighted by Gasteiger charge is -2.20. The molecule has 2 fully saturated rings. The molecule has 2 aliphatic rings. The Balaban J connectivity index is 2.17. The van der Waals surface area contributed by atoms with Gasteiger partial charge in [0.05, 0.1) is 12.2 Å². The van der Waals surface area contributed by atoms with Gasteiger partial charge in [-0.3, -0.25) is 4.79 Å². The molecule has 4 nitrogen and oxygen atoms in total. The maximum atomic E-state index is 10.6. The summed E-state index contributed by atoms with van der Waals surface area (Å²) in [4.78, 5) is 10.6. The summed E-state index contributed by atoms with van der Waals surface area (Å²) < 4.78 is 5.35. The Morgan fingerprint density at radius 3 is 2.45 bits per heavy atom. The molecule has 0 aromatic rings. The van der Waals surface area contributed by atoms with Crippen LogP contribution in [0.15, 0.2) is 0 Å². The molecule has 4 heteroatoms. The summed E-state index contributed by atoms with van der Waals surface area (Å²) in [6.07, 6.45) is 1.67. The van der Waals surface area contributed by atoms with Gasteiger partial charge in [0.15, 0.2) is 0 Å². The number of carboxylic acid groups (broad SMARTS) is 1. The van der Waals surface area contributed by atoms with Crippen molar-refractivity contribution in [2.45, 2.75) is 31.1 Å². The van der Waals surface area contributed by atoms with Crippen LogP contribution in [0.3, 0.4) is 0 Å². The molecule has 4 unspecified atom stereocenters. The minimum atomic E-state index is -0.815. The average molecular weight is 157 g/mol. The van der Waals surface area contributed by atoms with E-state index in [-0.39, 0.29) is 18.2 Å². The molecule has 4 atom stereocenters. The van der Waals surface area contributed by atoms with Gasteiger partial charge in [-0.15, -0.1) is 0 Å². The van der Waals surface area contributed by atoms with Crippen molar-refractivity contribution in [1.82, 2.24) is 0 Å². The molecule has 0 aliphatic carbocycles. The van der Waals surface area contributed by atoms with Crippen LogP contribution in [0.2, 0.25) is 0 Å². The van der Waals surface area contributed by atoms with Crippen molar-refractivity contribution < 1.29 is 14.6 Å². The molecule has 0 spiro atoms. The van der Waals surface area contributed by atoms with Crippen LogP contribution in [0, 0.1) is 5.92 Å². The highest BCUT2D eigenvalue weighted by Crippen LogP contribution is 2.37. The number of carboxylic acids is 1. The topological polar surface area (TPSA) is 72.5 Å². The van der Waals surface area contributed by atoms with Crippen LogP contribution in [-0.2, 0) is 9.53 Å². The van der Waals surface area contributed by atoms with Gasteiger partial charge in [-0.05, 0) is 12.8 Å². The molecule has 62 valence electrons. The van der Waals surface area contributed by atoms with Crippen molar-refractivity contribution in [3.05, 3.63) is 0 Å². The fourth-order valence-corrected chi connectivity index (χ4v) is 2.04. The summed E-state index contributed by atoms with van der Waals surface area (Å²) in [5.74, 6) is -1.28. The summed E-state index contributed by atoms with van der Waals surface area (Å²) in [7, 11) is 0. The smallest absolute Gasteiger partial charge is 0.310 e. The zero-order chi connectivity index (χ0) is 8.01. The molecule has 0 amide bonds. The lowest BCUT2D eigenvalue weighted by atomic mass is 9.85. The first-order valence-corrected chi connectivity index (χ1v) is 3.84. The molecule has 3 N–H and O–H groups in total. The largest absolute Gasteiger partial charge is 0.481 e. The van der Waals surface area contributed by atoms with Crippen molar-refractivity contribution in [2.24, 2.45) is 11.7 Å². The maximum Gasteiger partial charge on any atom is 0.310 e. The predicted molar refractivity (Wildman–Crippen MR) is 37.0 cm³/mol. The van der Waals surface area contributed by atoms with Crippen molar-refractivity contribution in [2.75, 3.05) is 0 Å². The Bertz CT molecular complexity index is 192. The third kappa shape index (κ3) is 0.862. The number of ether oxygens (including phenoxy) is 1. The van der Waals surface area contributed by atoms with Gasteiger partial charge in [0.2, 0.25) is 0 Å². The third-order valence-corrected chi connectivity index (χ3v) is 2.61. The second kappa shape index (κ2) is 2.19. The first-order valence-electron chi connectivity index (χ1n) is 3.84. The van der Waals surface area contributed by atoms with Crippen molar-refractivity contribution in [1.29, 1.82) is 0 Å². The molecule has 2 rings (SSSR count). The van der Waals surface area contributed by atoms with Gasteiger partial charge in [0.1, 0.15) is 5.92 Å². The first kappa shape index (κ1) is 7.06. The van der Waals surface area contributed by atoms with E-state index in [2.05, 4.69) is 0 Å². The highest BCUT2D eigenvalue weighted by molar-refractivity contribution is 5.72. The Kier molecular flexibility index (Phi) is 1.40. The van der Waals surface area contributed by atoms with Crippen LogP contribution in [0.4, 0.5) is 0 Å². The molecule has 11 heavy (non-hydrogen) atoms. The van der Waals surface area contributed by atoms with Crippen LogP contribution >= 0.6 is 0 Å². The van der Waals surface area contributed by atoms with E-state index in [0.29, 0.717) is 0 Å². The highest BCUT2D eigenvalue weighted by atomic mass is 16.5.